The van der Waals surface area contributed by atoms with Crippen molar-refractivity contribution in [3.05, 3.63) is 39.2 Å². The van der Waals surface area contributed by atoms with Crippen LogP contribution in [0.2, 0.25) is 0 Å². The molecule has 1 aliphatic rings. The van der Waals surface area contributed by atoms with Gasteiger partial charge in [0.25, 0.3) is 0 Å². The highest BCUT2D eigenvalue weighted by Crippen LogP contribution is 2.25. The number of nitrogens with one attached hydrogen (secondary N) is 3. The lowest BCUT2D eigenvalue weighted by Gasteiger charge is -2.26. The van der Waals surface area contributed by atoms with Gasteiger partial charge in [-0.2, -0.15) is 0 Å². The average molecular weight is 285 g/mol. The van der Waals surface area contributed by atoms with E-state index in [1.165, 1.54) is 0 Å². The van der Waals surface area contributed by atoms with Crippen molar-refractivity contribution in [2.24, 2.45) is 0 Å². The maximum atomic E-state index is 12.4. The number of aromatic amines is 2. The highest BCUT2D eigenvalue weighted by Gasteiger charge is 2.21. The van der Waals surface area contributed by atoms with Crippen LogP contribution in [0.5, 0.6) is 0 Å². The molecule has 7 heteroatoms. The SMILES string of the molecule is O=c1[nH]c2cnc3[nH]ccc3c2n(C2CCNCC2)c1=O. The second kappa shape index (κ2) is 4.56. The summed E-state index contributed by atoms with van der Waals surface area (Å²) in [5, 5.41) is 4.14. The Hall–Kier alpha value is -2.41. The van der Waals surface area contributed by atoms with Crippen LogP contribution in [0.4, 0.5) is 0 Å². The largest absolute Gasteiger partial charge is 0.346 e. The Bertz CT molecular complexity index is 930. The number of aromatic nitrogens is 4. The van der Waals surface area contributed by atoms with Crippen molar-refractivity contribution < 1.29 is 0 Å². The summed E-state index contributed by atoms with van der Waals surface area (Å²) >= 11 is 0. The number of pyridine rings is 1. The molecule has 0 saturated carbocycles. The summed E-state index contributed by atoms with van der Waals surface area (Å²) in [6.07, 6.45) is 5.07. The number of H-pyrrole nitrogens is 2. The molecule has 4 rings (SSSR count). The fraction of sp³-hybridized carbons (Fsp3) is 0.357. The van der Waals surface area contributed by atoms with Crippen LogP contribution in [0.1, 0.15) is 18.9 Å². The van der Waals surface area contributed by atoms with E-state index in [-0.39, 0.29) is 6.04 Å². The van der Waals surface area contributed by atoms with E-state index in [4.69, 9.17) is 0 Å². The summed E-state index contributed by atoms with van der Waals surface area (Å²) in [7, 11) is 0. The van der Waals surface area contributed by atoms with Crippen molar-refractivity contribution in [1.29, 1.82) is 0 Å². The number of nitrogens with zero attached hydrogens (tertiary/aromatic N) is 2. The standard InChI is InChI=1S/C14H15N5O2/c20-13-14(21)19(8-1-4-15-5-2-8)11-9-3-6-16-12(9)17-7-10(11)18-13/h3,6-8,15H,1-2,4-5H2,(H,16,17)(H,18,20). The lowest BCUT2D eigenvalue weighted by molar-refractivity contribution is 0.368. The number of fused-ring (bicyclic) bond motifs is 3. The third-order valence-electron chi connectivity index (χ3n) is 4.13. The van der Waals surface area contributed by atoms with Crippen molar-refractivity contribution in [2.75, 3.05) is 13.1 Å². The van der Waals surface area contributed by atoms with Gasteiger partial charge in [0.05, 0.1) is 17.2 Å². The summed E-state index contributed by atoms with van der Waals surface area (Å²) in [6.45, 7) is 1.71. The molecular weight excluding hydrogens is 270 g/mol. The minimum Gasteiger partial charge on any atom is -0.346 e. The number of hydrogen-bond acceptors (Lipinski definition) is 4. The molecule has 0 bridgehead atoms. The zero-order valence-corrected chi connectivity index (χ0v) is 11.3. The molecule has 0 unspecified atom stereocenters. The van der Waals surface area contributed by atoms with Crippen LogP contribution in [0.15, 0.2) is 28.0 Å². The summed E-state index contributed by atoms with van der Waals surface area (Å²) in [5.41, 5.74) is 1.01. The molecule has 3 aromatic heterocycles. The van der Waals surface area contributed by atoms with Gasteiger partial charge in [0, 0.05) is 17.6 Å². The molecule has 0 amide bonds. The minimum atomic E-state index is -0.585. The van der Waals surface area contributed by atoms with Crippen LogP contribution in [0.25, 0.3) is 22.1 Å². The van der Waals surface area contributed by atoms with Crippen LogP contribution in [0, 0.1) is 0 Å². The molecule has 1 aliphatic heterocycles. The van der Waals surface area contributed by atoms with Crippen molar-refractivity contribution in [3.8, 4) is 0 Å². The minimum absolute atomic E-state index is 0.0454. The third-order valence-corrected chi connectivity index (χ3v) is 4.13. The Kier molecular flexibility index (Phi) is 2.68. The van der Waals surface area contributed by atoms with Crippen LogP contribution >= 0.6 is 0 Å². The van der Waals surface area contributed by atoms with Crippen LogP contribution in [-0.2, 0) is 0 Å². The van der Waals surface area contributed by atoms with E-state index >= 15 is 0 Å². The Morgan fingerprint density at radius 1 is 1.24 bits per heavy atom. The molecule has 0 spiro atoms. The fourth-order valence-electron chi connectivity index (χ4n) is 3.14. The van der Waals surface area contributed by atoms with Gasteiger partial charge in [-0.25, -0.2) is 4.98 Å². The summed E-state index contributed by atoms with van der Waals surface area (Å²) in [6, 6.07) is 1.93. The van der Waals surface area contributed by atoms with E-state index in [1.807, 2.05) is 6.07 Å². The Morgan fingerprint density at radius 3 is 2.86 bits per heavy atom. The molecule has 0 atom stereocenters. The maximum absolute atomic E-state index is 12.4. The van der Waals surface area contributed by atoms with E-state index < -0.39 is 11.1 Å². The molecule has 0 aliphatic carbocycles. The summed E-state index contributed by atoms with van der Waals surface area (Å²) in [4.78, 5) is 34.3. The molecule has 3 N–H and O–H groups in total. The molecule has 0 aromatic carbocycles. The summed E-state index contributed by atoms with van der Waals surface area (Å²) < 4.78 is 1.66. The highest BCUT2D eigenvalue weighted by molar-refractivity contribution is 6.00. The number of hydrogen-bond donors (Lipinski definition) is 3. The zero-order chi connectivity index (χ0) is 14.4. The molecular formula is C14H15N5O2. The van der Waals surface area contributed by atoms with E-state index in [0.29, 0.717) is 5.52 Å². The van der Waals surface area contributed by atoms with E-state index in [2.05, 4.69) is 20.3 Å². The van der Waals surface area contributed by atoms with Gasteiger partial charge in [-0.3, -0.25) is 14.2 Å². The molecule has 108 valence electrons. The van der Waals surface area contributed by atoms with Crippen molar-refractivity contribution in [2.45, 2.75) is 18.9 Å². The molecule has 4 heterocycles. The third kappa shape index (κ3) is 1.81. The smallest absolute Gasteiger partial charge is 0.317 e. The lowest BCUT2D eigenvalue weighted by atomic mass is 10.1. The van der Waals surface area contributed by atoms with Crippen molar-refractivity contribution in [1.82, 2.24) is 24.8 Å². The quantitative estimate of drug-likeness (QED) is 0.567. The first kappa shape index (κ1) is 12.3. The molecule has 1 fully saturated rings. The topological polar surface area (TPSA) is 95.6 Å². The van der Waals surface area contributed by atoms with Gasteiger partial charge in [-0.1, -0.05) is 0 Å². The maximum Gasteiger partial charge on any atom is 0.317 e. The first-order valence-electron chi connectivity index (χ1n) is 7.07. The monoisotopic (exact) mass is 285 g/mol. The summed E-state index contributed by atoms with van der Waals surface area (Å²) in [5.74, 6) is 0. The van der Waals surface area contributed by atoms with Crippen molar-refractivity contribution >= 4 is 22.1 Å². The van der Waals surface area contributed by atoms with Gasteiger partial charge in [-0.15, -0.1) is 0 Å². The van der Waals surface area contributed by atoms with Gasteiger partial charge < -0.3 is 15.3 Å². The normalized spacial score (nSPS) is 16.8. The van der Waals surface area contributed by atoms with Gasteiger partial charge in [0.1, 0.15) is 5.65 Å². The van der Waals surface area contributed by atoms with Gasteiger partial charge in [-0.05, 0) is 32.0 Å². The number of piperidine rings is 1. The Labute approximate surface area is 119 Å². The predicted molar refractivity (Wildman–Crippen MR) is 79.6 cm³/mol. The average Bonchev–Trinajstić information content (AvgIpc) is 2.98. The first-order valence-corrected chi connectivity index (χ1v) is 7.07. The van der Waals surface area contributed by atoms with Gasteiger partial charge in [0.15, 0.2) is 0 Å². The molecule has 1 saturated heterocycles. The van der Waals surface area contributed by atoms with Crippen LogP contribution < -0.4 is 16.4 Å². The lowest BCUT2D eigenvalue weighted by Crippen LogP contribution is -2.41. The number of rotatable bonds is 1. The first-order chi connectivity index (χ1) is 10.3. The second-order valence-electron chi connectivity index (χ2n) is 5.37. The molecule has 7 nitrogen and oxygen atoms in total. The van der Waals surface area contributed by atoms with Crippen LogP contribution in [-0.4, -0.2) is 32.6 Å². The molecule has 0 radical (unpaired) electrons. The molecule has 21 heavy (non-hydrogen) atoms. The van der Waals surface area contributed by atoms with Crippen molar-refractivity contribution in [3.63, 3.8) is 0 Å². The highest BCUT2D eigenvalue weighted by atomic mass is 16.2. The fourth-order valence-corrected chi connectivity index (χ4v) is 3.14. The molecule has 3 aromatic rings. The van der Waals surface area contributed by atoms with Gasteiger partial charge in [0.2, 0.25) is 0 Å². The van der Waals surface area contributed by atoms with E-state index in [9.17, 15) is 9.59 Å². The van der Waals surface area contributed by atoms with E-state index in [1.54, 1.807) is 17.0 Å². The zero-order valence-electron chi connectivity index (χ0n) is 11.3. The predicted octanol–water partition coefficient (Wildman–Crippen LogP) is 0.491. The Balaban J connectivity index is 2.14. The Morgan fingerprint density at radius 2 is 2.05 bits per heavy atom. The van der Waals surface area contributed by atoms with E-state index in [0.717, 1.165) is 42.5 Å². The van der Waals surface area contributed by atoms with Gasteiger partial charge >= 0.3 is 11.1 Å². The van der Waals surface area contributed by atoms with Crippen LogP contribution in [0.3, 0.4) is 0 Å². The second-order valence-corrected chi connectivity index (χ2v) is 5.37.